The molecule has 5 rings (SSSR count). The second-order valence-corrected chi connectivity index (χ2v) is 8.25. The van der Waals surface area contributed by atoms with E-state index in [4.69, 9.17) is 16.6 Å². The second-order valence-electron chi connectivity index (χ2n) is 7.84. The molecule has 0 saturated carbocycles. The minimum atomic E-state index is 0.716. The molecule has 0 atom stereocenters. The number of aromatic nitrogens is 2. The van der Waals surface area contributed by atoms with Crippen molar-refractivity contribution in [3.8, 4) is 0 Å². The third-order valence-electron chi connectivity index (χ3n) is 5.94. The Morgan fingerprint density at radius 2 is 1.47 bits per heavy atom. The van der Waals surface area contributed by atoms with Crippen LogP contribution in [0.2, 0.25) is 5.02 Å². The highest BCUT2D eigenvalue weighted by Gasteiger charge is 2.23. The van der Waals surface area contributed by atoms with E-state index < -0.39 is 0 Å². The van der Waals surface area contributed by atoms with Crippen molar-refractivity contribution in [3.05, 3.63) is 88.9 Å². The quantitative estimate of drug-likeness (QED) is 0.446. The number of fused-ring (bicyclic) bond motifs is 1. The molecule has 152 valence electrons. The molecular weight excluding hydrogens is 392 g/mol. The Labute approximate surface area is 182 Å². The number of aryl methyl sites for hydroxylation is 1. The summed E-state index contributed by atoms with van der Waals surface area (Å²) in [7, 11) is 0. The van der Waals surface area contributed by atoms with Crippen molar-refractivity contribution in [2.75, 3.05) is 36.0 Å². The maximum Gasteiger partial charge on any atom is 0.206 e. The fourth-order valence-corrected chi connectivity index (χ4v) is 4.52. The Kier molecular flexibility index (Phi) is 5.09. The number of rotatable bonds is 4. The molecule has 0 radical (unpaired) electrons. The van der Waals surface area contributed by atoms with Crippen LogP contribution >= 0.6 is 11.6 Å². The Hall–Kier alpha value is -2.98. The van der Waals surface area contributed by atoms with E-state index in [2.05, 4.69) is 75.9 Å². The van der Waals surface area contributed by atoms with Gasteiger partial charge in [0.15, 0.2) is 0 Å². The van der Waals surface area contributed by atoms with Gasteiger partial charge in [0.05, 0.1) is 17.6 Å². The Morgan fingerprint density at radius 1 is 0.800 bits per heavy atom. The predicted molar refractivity (Wildman–Crippen MR) is 126 cm³/mol. The number of para-hydroxylation sites is 3. The van der Waals surface area contributed by atoms with E-state index in [9.17, 15) is 0 Å². The summed E-state index contributed by atoms with van der Waals surface area (Å²) in [6, 6.07) is 25.1. The zero-order valence-corrected chi connectivity index (χ0v) is 17.9. The summed E-state index contributed by atoms with van der Waals surface area (Å²) in [6.45, 7) is 6.76. The van der Waals surface area contributed by atoms with Crippen LogP contribution in [-0.2, 0) is 6.54 Å². The lowest BCUT2D eigenvalue weighted by Gasteiger charge is -2.37. The van der Waals surface area contributed by atoms with Gasteiger partial charge in [0.25, 0.3) is 0 Å². The average molecular weight is 417 g/mol. The summed E-state index contributed by atoms with van der Waals surface area (Å²) in [4.78, 5) is 9.89. The maximum atomic E-state index is 6.48. The molecule has 0 N–H and O–H groups in total. The van der Waals surface area contributed by atoms with Gasteiger partial charge in [0, 0.05) is 36.9 Å². The highest BCUT2D eigenvalue weighted by Crippen LogP contribution is 2.28. The number of imidazole rings is 1. The summed E-state index contributed by atoms with van der Waals surface area (Å²) in [5, 5.41) is 0.797. The lowest BCUT2D eigenvalue weighted by Crippen LogP contribution is -2.47. The van der Waals surface area contributed by atoms with Crippen molar-refractivity contribution in [1.82, 2.24) is 9.55 Å². The van der Waals surface area contributed by atoms with Crippen molar-refractivity contribution in [3.63, 3.8) is 0 Å². The number of benzene rings is 3. The molecule has 1 aliphatic rings. The van der Waals surface area contributed by atoms with Crippen molar-refractivity contribution >= 4 is 34.3 Å². The van der Waals surface area contributed by atoms with Crippen LogP contribution in [0.3, 0.4) is 0 Å². The largest absolute Gasteiger partial charge is 0.368 e. The van der Waals surface area contributed by atoms with E-state index in [0.717, 1.165) is 53.7 Å². The number of hydrogen-bond acceptors (Lipinski definition) is 3. The van der Waals surface area contributed by atoms with Crippen molar-refractivity contribution in [1.29, 1.82) is 0 Å². The van der Waals surface area contributed by atoms with Gasteiger partial charge < -0.3 is 14.4 Å². The summed E-state index contributed by atoms with van der Waals surface area (Å²) < 4.78 is 2.31. The molecule has 2 heterocycles. The summed E-state index contributed by atoms with van der Waals surface area (Å²) in [5.74, 6) is 1.03. The van der Waals surface area contributed by atoms with Gasteiger partial charge in [-0.25, -0.2) is 4.98 Å². The lowest BCUT2D eigenvalue weighted by atomic mass is 10.1. The van der Waals surface area contributed by atoms with Gasteiger partial charge in [0.2, 0.25) is 5.95 Å². The second kappa shape index (κ2) is 8.04. The molecule has 0 amide bonds. The zero-order valence-electron chi connectivity index (χ0n) is 17.1. The highest BCUT2D eigenvalue weighted by atomic mass is 35.5. The van der Waals surface area contributed by atoms with E-state index in [0.29, 0.717) is 6.54 Å². The Bertz CT molecular complexity index is 1170. The van der Waals surface area contributed by atoms with Gasteiger partial charge in [-0.05, 0) is 42.3 Å². The number of nitrogens with zero attached hydrogens (tertiary/aromatic N) is 4. The van der Waals surface area contributed by atoms with Crippen LogP contribution < -0.4 is 9.80 Å². The molecule has 4 aromatic rings. The van der Waals surface area contributed by atoms with E-state index in [1.807, 2.05) is 18.2 Å². The van der Waals surface area contributed by atoms with Crippen LogP contribution in [0, 0.1) is 6.92 Å². The molecule has 30 heavy (non-hydrogen) atoms. The van der Waals surface area contributed by atoms with Gasteiger partial charge in [-0.15, -0.1) is 0 Å². The molecule has 0 aliphatic carbocycles. The first kappa shape index (κ1) is 19.0. The van der Waals surface area contributed by atoms with E-state index in [1.54, 1.807) is 0 Å². The monoisotopic (exact) mass is 416 g/mol. The molecule has 0 unspecified atom stereocenters. The minimum Gasteiger partial charge on any atom is -0.368 e. The number of hydrogen-bond donors (Lipinski definition) is 0. The van der Waals surface area contributed by atoms with Crippen LogP contribution in [0.15, 0.2) is 72.8 Å². The predicted octanol–water partition coefficient (Wildman–Crippen LogP) is 5.37. The van der Waals surface area contributed by atoms with Crippen LogP contribution in [0.4, 0.5) is 11.6 Å². The third kappa shape index (κ3) is 3.52. The topological polar surface area (TPSA) is 24.3 Å². The fraction of sp³-hybridized carbons (Fsp3) is 0.240. The molecule has 1 aliphatic heterocycles. The molecule has 1 aromatic heterocycles. The van der Waals surface area contributed by atoms with Crippen molar-refractivity contribution in [2.45, 2.75) is 13.5 Å². The Balaban J connectivity index is 1.45. The van der Waals surface area contributed by atoms with Crippen LogP contribution in [0.5, 0.6) is 0 Å². The van der Waals surface area contributed by atoms with Gasteiger partial charge in [0.1, 0.15) is 0 Å². The average Bonchev–Trinajstić information content (AvgIpc) is 3.14. The molecule has 5 heteroatoms. The molecular formula is C25H25ClN4. The number of halogens is 1. The third-order valence-corrected chi connectivity index (χ3v) is 6.31. The van der Waals surface area contributed by atoms with Crippen LogP contribution in [0.25, 0.3) is 11.0 Å². The SMILES string of the molecule is Cc1ccccc1N1CCN(c2nc3ccccc3n2Cc2ccccc2Cl)CC1. The molecule has 0 bridgehead atoms. The van der Waals surface area contributed by atoms with Crippen molar-refractivity contribution < 1.29 is 0 Å². The van der Waals surface area contributed by atoms with Crippen LogP contribution in [0.1, 0.15) is 11.1 Å². The lowest BCUT2D eigenvalue weighted by molar-refractivity contribution is 0.625. The molecule has 3 aromatic carbocycles. The van der Waals surface area contributed by atoms with Gasteiger partial charge >= 0.3 is 0 Å². The van der Waals surface area contributed by atoms with Crippen molar-refractivity contribution in [2.24, 2.45) is 0 Å². The molecule has 1 saturated heterocycles. The molecule has 0 spiro atoms. The first-order chi connectivity index (χ1) is 14.7. The summed E-state index contributed by atoms with van der Waals surface area (Å²) in [5.41, 5.74) is 5.95. The van der Waals surface area contributed by atoms with Gasteiger partial charge in [-0.3, -0.25) is 0 Å². The van der Waals surface area contributed by atoms with Gasteiger partial charge in [-0.1, -0.05) is 60.1 Å². The highest BCUT2D eigenvalue weighted by molar-refractivity contribution is 6.31. The first-order valence-electron chi connectivity index (χ1n) is 10.4. The number of piperazine rings is 1. The van der Waals surface area contributed by atoms with E-state index in [-0.39, 0.29) is 0 Å². The fourth-order valence-electron chi connectivity index (χ4n) is 4.32. The minimum absolute atomic E-state index is 0.716. The first-order valence-corrected chi connectivity index (χ1v) is 10.8. The maximum absolute atomic E-state index is 6.48. The normalized spacial score (nSPS) is 14.5. The standard InChI is InChI=1S/C25H25ClN4/c1-19-8-2-6-12-23(19)28-14-16-29(17-15-28)25-27-22-11-5-7-13-24(22)30(25)18-20-9-3-4-10-21(20)26/h2-13H,14-18H2,1H3. The zero-order chi connectivity index (χ0) is 20.5. The molecule has 1 fully saturated rings. The van der Waals surface area contributed by atoms with Crippen LogP contribution in [-0.4, -0.2) is 35.7 Å². The number of anilines is 2. The summed E-state index contributed by atoms with van der Waals surface area (Å²) >= 11 is 6.48. The Morgan fingerprint density at radius 3 is 2.27 bits per heavy atom. The smallest absolute Gasteiger partial charge is 0.206 e. The summed E-state index contributed by atoms with van der Waals surface area (Å²) in [6.07, 6.45) is 0. The van der Waals surface area contributed by atoms with Gasteiger partial charge in [-0.2, -0.15) is 0 Å². The van der Waals surface area contributed by atoms with E-state index >= 15 is 0 Å². The molecule has 4 nitrogen and oxygen atoms in total. The van der Waals surface area contributed by atoms with E-state index in [1.165, 1.54) is 11.3 Å².